The maximum absolute atomic E-state index is 6.43. The molecule has 2 aliphatic rings. The number of ether oxygens (including phenoxy) is 1. The largest absolute Gasteiger partial charge is 0.374 e. The standard InChI is InChI=1S/C19H37NO/c1-4-20-18(14-17-11-7-6-8-12-17)19(21-5-2)13-9-10-16(3)15-19/h16-18,20H,4-15H2,1-3H3. The molecule has 1 N–H and O–H groups in total. The molecule has 3 atom stereocenters. The fraction of sp³-hybridized carbons (Fsp3) is 1.00. The van der Waals surface area contributed by atoms with Crippen LogP contribution in [0.5, 0.6) is 0 Å². The smallest absolute Gasteiger partial charge is 0.0837 e. The molecule has 0 radical (unpaired) electrons. The number of hydrogen-bond acceptors (Lipinski definition) is 2. The molecular weight excluding hydrogens is 258 g/mol. The second kappa shape index (κ2) is 8.53. The summed E-state index contributed by atoms with van der Waals surface area (Å²) in [4.78, 5) is 0. The van der Waals surface area contributed by atoms with Crippen molar-refractivity contribution in [1.29, 1.82) is 0 Å². The molecule has 2 nitrogen and oxygen atoms in total. The first-order chi connectivity index (χ1) is 10.2. The first-order valence-corrected chi connectivity index (χ1v) is 9.57. The summed E-state index contributed by atoms with van der Waals surface area (Å²) >= 11 is 0. The Labute approximate surface area is 132 Å². The van der Waals surface area contributed by atoms with E-state index in [4.69, 9.17) is 4.74 Å². The molecule has 0 aromatic heterocycles. The second-order valence-electron chi connectivity index (χ2n) is 7.55. The van der Waals surface area contributed by atoms with Crippen molar-refractivity contribution in [3.63, 3.8) is 0 Å². The normalized spacial score (nSPS) is 33.0. The number of likely N-dealkylation sites (N-methyl/N-ethyl adjacent to an activating group) is 1. The summed E-state index contributed by atoms with van der Waals surface area (Å²) in [6, 6.07) is 0.563. The van der Waals surface area contributed by atoms with Crippen LogP contribution in [0.3, 0.4) is 0 Å². The highest BCUT2D eigenvalue weighted by Crippen LogP contribution is 2.41. The van der Waals surface area contributed by atoms with Crippen molar-refractivity contribution in [2.45, 2.75) is 96.6 Å². The number of rotatable bonds is 7. The lowest BCUT2D eigenvalue weighted by molar-refractivity contribution is -0.105. The van der Waals surface area contributed by atoms with Gasteiger partial charge in [-0.15, -0.1) is 0 Å². The SMILES string of the molecule is CCNC(CC1CCCCC1)C1(OCC)CCCC(C)C1. The van der Waals surface area contributed by atoms with Crippen LogP contribution in [0.2, 0.25) is 0 Å². The lowest BCUT2D eigenvalue weighted by Crippen LogP contribution is -2.55. The summed E-state index contributed by atoms with van der Waals surface area (Å²) in [7, 11) is 0. The van der Waals surface area contributed by atoms with Gasteiger partial charge in [0, 0.05) is 12.6 Å². The molecule has 0 aromatic rings. The van der Waals surface area contributed by atoms with Crippen molar-refractivity contribution in [3.05, 3.63) is 0 Å². The molecule has 2 saturated carbocycles. The zero-order valence-electron chi connectivity index (χ0n) is 14.6. The molecule has 0 amide bonds. The fourth-order valence-electron chi connectivity index (χ4n) is 4.87. The highest BCUT2D eigenvalue weighted by molar-refractivity contribution is 4.98. The Morgan fingerprint density at radius 2 is 1.86 bits per heavy atom. The minimum atomic E-state index is 0.111. The zero-order chi connectivity index (χ0) is 15.1. The van der Waals surface area contributed by atoms with Crippen molar-refractivity contribution < 1.29 is 4.74 Å². The fourth-order valence-corrected chi connectivity index (χ4v) is 4.87. The van der Waals surface area contributed by atoms with E-state index in [9.17, 15) is 0 Å². The Morgan fingerprint density at radius 3 is 2.48 bits per heavy atom. The topological polar surface area (TPSA) is 21.3 Å². The van der Waals surface area contributed by atoms with E-state index in [1.54, 1.807) is 0 Å². The van der Waals surface area contributed by atoms with Crippen molar-refractivity contribution >= 4 is 0 Å². The molecular formula is C19H37NO. The molecule has 2 fully saturated rings. The Kier molecular flexibility index (Phi) is 7.01. The highest BCUT2D eigenvalue weighted by atomic mass is 16.5. The molecule has 2 rings (SSSR count). The Bertz CT molecular complexity index is 283. The van der Waals surface area contributed by atoms with E-state index in [0.29, 0.717) is 6.04 Å². The summed E-state index contributed by atoms with van der Waals surface area (Å²) < 4.78 is 6.43. The van der Waals surface area contributed by atoms with Gasteiger partial charge in [-0.1, -0.05) is 58.8 Å². The number of hydrogen-bond donors (Lipinski definition) is 1. The van der Waals surface area contributed by atoms with Crippen LogP contribution in [-0.2, 0) is 4.74 Å². The molecule has 0 aliphatic heterocycles. The van der Waals surface area contributed by atoms with Gasteiger partial charge in [0.15, 0.2) is 0 Å². The third kappa shape index (κ3) is 4.69. The summed E-state index contributed by atoms with van der Waals surface area (Å²) in [5, 5.41) is 3.82. The van der Waals surface area contributed by atoms with Gasteiger partial charge in [-0.05, 0) is 44.6 Å². The van der Waals surface area contributed by atoms with E-state index in [0.717, 1.165) is 25.0 Å². The van der Waals surface area contributed by atoms with Crippen molar-refractivity contribution in [1.82, 2.24) is 5.32 Å². The number of nitrogens with one attached hydrogen (secondary N) is 1. The maximum Gasteiger partial charge on any atom is 0.0837 e. The maximum atomic E-state index is 6.43. The molecule has 0 heterocycles. The summed E-state index contributed by atoms with van der Waals surface area (Å²) in [5.41, 5.74) is 0.111. The van der Waals surface area contributed by atoms with Crippen LogP contribution >= 0.6 is 0 Å². The summed E-state index contributed by atoms with van der Waals surface area (Å²) in [6.45, 7) is 8.76. The Morgan fingerprint density at radius 1 is 1.10 bits per heavy atom. The summed E-state index contributed by atoms with van der Waals surface area (Å²) in [6.07, 6.45) is 13.8. The van der Waals surface area contributed by atoms with Gasteiger partial charge in [-0.2, -0.15) is 0 Å². The Hall–Kier alpha value is -0.0800. The molecule has 0 bridgehead atoms. The molecule has 124 valence electrons. The summed E-state index contributed by atoms with van der Waals surface area (Å²) in [5.74, 6) is 1.75. The average Bonchev–Trinajstić information content (AvgIpc) is 2.48. The van der Waals surface area contributed by atoms with Crippen LogP contribution in [0.4, 0.5) is 0 Å². The van der Waals surface area contributed by atoms with E-state index in [1.165, 1.54) is 64.2 Å². The third-order valence-electron chi connectivity index (χ3n) is 5.80. The zero-order valence-corrected chi connectivity index (χ0v) is 14.6. The van der Waals surface area contributed by atoms with Crippen molar-refractivity contribution in [2.75, 3.05) is 13.2 Å². The van der Waals surface area contributed by atoms with Crippen molar-refractivity contribution in [2.24, 2.45) is 11.8 Å². The molecule has 21 heavy (non-hydrogen) atoms. The quantitative estimate of drug-likeness (QED) is 0.720. The van der Waals surface area contributed by atoms with Gasteiger partial charge >= 0.3 is 0 Å². The molecule has 0 spiro atoms. The van der Waals surface area contributed by atoms with Crippen LogP contribution in [0, 0.1) is 11.8 Å². The highest BCUT2D eigenvalue weighted by Gasteiger charge is 2.43. The molecule has 2 aliphatic carbocycles. The minimum absolute atomic E-state index is 0.111. The monoisotopic (exact) mass is 295 g/mol. The van der Waals surface area contributed by atoms with Gasteiger partial charge in [0.2, 0.25) is 0 Å². The molecule has 2 heteroatoms. The van der Waals surface area contributed by atoms with Crippen LogP contribution in [0.25, 0.3) is 0 Å². The average molecular weight is 296 g/mol. The van der Waals surface area contributed by atoms with E-state index >= 15 is 0 Å². The van der Waals surface area contributed by atoms with Gasteiger partial charge in [-0.3, -0.25) is 0 Å². The lowest BCUT2D eigenvalue weighted by atomic mass is 9.71. The van der Waals surface area contributed by atoms with Crippen LogP contribution in [0.15, 0.2) is 0 Å². The second-order valence-corrected chi connectivity index (χ2v) is 7.55. The lowest BCUT2D eigenvalue weighted by Gasteiger charge is -2.47. The Balaban J connectivity index is 2.06. The van der Waals surface area contributed by atoms with E-state index in [2.05, 4.69) is 26.1 Å². The molecule has 0 saturated heterocycles. The first-order valence-electron chi connectivity index (χ1n) is 9.57. The van der Waals surface area contributed by atoms with Crippen LogP contribution in [0.1, 0.15) is 85.0 Å². The van der Waals surface area contributed by atoms with E-state index in [1.807, 2.05) is 0 Å². The first kappa shape index (κ1) is 17.3. The molecule has 3 unspecified atom stereocenters. The van der Waals surface area contributed by atoms with Crippen LogP contribution < -0.4 is 5.32 Å². The van der Waals surface area contributed by atoms with Gasteiger partial charge in [0.1, 0.15) is 0 Å². The third-order valence-corrected chi connectivity index (χ3v) is 5.80. The van der Waals surface area contributed by atoms with Crippen molar-refractivity contribution in [3.8, 4) is 0 Å². The minimum Gasteiger partial charge on any atom is -0.374 e. The molecule has 0 aromatic carbocycles. The van der Waals surface area contributed by atoms with E-state index < -0.39 is 0 Å². The van der Waals surface area contributed by atoms with Gasteiger partial charge in [0.05, 0.1) is 5.60 Å². The van der Waals surface area contributed by atoms with Crippen LogP contribution in [-0.4, -0.2) is 24.8 Å². The van der Waals surface area contributed by atoms with E-state index in [-0.39, 0.29) is 5.60 Å². The van der Waals surface area contributed by atoms with Gasteiger partial charge < -0.3 is 10.1 Å². The predicted molar refractivity (Wildman–Crippen MR) is 90.6 cm³/mol. The predicted octanol–water partition coefficient (Wildman–Crippen LogP) is 4.92. The van der Waals surface area contributed by atoms with Gasteiger partial charge in [-0.25, -0.2) is 0 Å². The van der Waals surface area contributed by atoms with Gasteiger partial charge in [0.25, 0.3) is 0 Å².